The number of amides is 1. The molecule has 2 aromatic heterocycles. The zero-order valence-electron chi connectivity index (χ0n) is 17.5. The van der Waals surface area contributed by atoms with Gasteiger partial charge in [-0.25, -0.2) is 9.48 Å². The summed E-state index contributed by atoms with van der Waals surface area (Å²) in [5.41, 5.74) is 2.47. The predicted octanol–water partition coefficient (Wildman–Crippen LogP) is 3.20. The molecule has 0 spiro atoms. The van der Waals surface area contributed by atoms with E-state index in [-0.39, 0.29) is 5.91 Å². The monoisotopic (exact) mass is 421 g/mol. The number of benzene rings is 1. The minimum absolute atomic E-state index is 0.294. The minimum Gasteiger partial charge on any atom is -0.477 e. The van der Waals surface area contributed by atoms with Crippen molar-refractivity contribution >= 4 is 23.6 Å². The number of anilines is 1. The van der Waals surface area contributed by atoms with Crippen LogP contribution in [0.15, 0.2) is 48.7 Å². The fraction of sp³-hybridized carbons (Fsp3) is 0.227. The number of hydrogen-bond donors (Lipinski definition) is 1. The zero-order valence-corrected chi connectivity index (χ0v) is 17.5. The van der Waals surface area contributed by atoms with E-state index in [4.69, 9.17) is 9.47 Å². The summed E-state index contributed by atoms with van der Waals surface area (Å²) in [6, 6.07) is 10.5. The Hall–Kier alpha value is -4.01. The van der Waals surface area contributed by atoms with Crippen molar-refractivity contribution in [2.75, 3.05) is 18.5 Å². The quantitative estimate of drug-likeness (QED) is 0.439. The molecule has 0 saturated heterocycles. The van der Waals surface area contributed by atoms with Gasteiger partial charge in [-0.15, -0.1) is 10.2 Å². The topological polar surface area (TPSA) is 108 Å². The van der Waals surface area contributed by atoms with Gasteiger partial charge < -0.3 is 14.8 Å². The molecule has 160 valence electrons. The molecule has 2 heterocycles. The van der Waals surface area contributed by atoms with Crippen LogP contribution < -0.4 is 10.1 Å². The number of nitrogens with zero attached hydrogens (tertiary/aromatic N) is 4. The fourth-order valence-corrected chi connectivity index (χ4v) is 2.74. The number of carbonyl (C=O) groups is 2. The highest BCUT2D eigenvalue weighted by molar-refractivity contribution is 6.05. The third kappa shape index (κ3) is 5.53. The van der Waals surface area contributed by atoms with Crippen LogP contribution in [0.4, 0.5) is 5.69 Å². The summed E-state index contributed by atoms with van der Waals surface area (Å²) in [4.78, 5) is 24.1. The largest absolute Gasteiger partial charge is 0.477 e. The van der Waals surface area contributed by atoms with E-state index < -0.39 is 5.97 Å². The summed E-state index contributed by atoms with van der Waals surface area (Å²) in [5, 5.41) is 15.2. The average Bonchev–Trinajstić information content (AvgIpc) is 3.16. The van der Waals surface area contributed by atoms with Crippen LogP contribution in [0.1, 0.15) is 35.5 Å². The second-order valence-corrected chi connectivity index (χ2v) is 6.38. The second kappa shape index (κ2) is 10.1. The Morgan fingerprint density at radius 2 is 1.84 bits per heavy atom. The Morgan fingerprint density at radius 3 is 2.48 bits per heavy atom. The SMILES string of the molecule is CCOC(=O)/C=C/c1ccc(NC(=O)c2cnn(-c3ccc(OCC)nn3)c2C)cc1. The van der Waals surface area contributed by atoms with E-state index >= 15 is 0 Å². The third-order valence-electron chi connectivity index (χ3n) is 4.26. The van der Waals surface area contributed by atoms with Crippen LogP contribution in [-0.4, -0.2) is 45.1 Å². The number of carbonyl (C=O) groups excluding carboxylic acids is 2. The average molecular weight is 421 g/mol. The highest BCUT2D eigenvalue weighted by Gasteiger charge is 2.16. The van der Waals surface area contributed by atoms with E-state index in [0.29, 0.717) is 41.9 Å². The molecule has 1 N–H and O–H groups in total. The smallest absolute Gasteiger partial charge is 0.330 e. The molecule has 0 unspecified atom stereocenters. The van der Waals surface area contributed by atoms with Crippen molar-refractivity contribution in [3.05, 3.63) is 65.5 Å². The van der Waals surface area contributed by atoms with Gasteiger partial charge in [-0.3, -0.25) is 4.79 Å². The normalized spacial score (nSPS) is 10.8. The number of hydrogen-bond acceptors (Lipinski definition) is 7. The zero-order chi connectivity index (χ0) is 22.2. The maximum Gasteiger partial charge on any atom is 0.330 e. The molecule has 0 fully saturated rings. The lowest BCUT2D eigenvalue weighted by Gasteiger charge is -2.07. The van der Waals surface area contributed by atoms with Crippen molar-refractivity contribution in [3.63, 3.8) is 0 Å². The molecule has 0 atom stereocenters. The van der Waals surface area contributed by atoms with Crippen molar-refractivity contribution < 1.29 is 19.1 Å². The summed E-state index contributed by atoms with van der Waals surface area (Å²) >= 11 is 0. The van der Waals surface area contributed by atoms with Gasteiger partial charge in [0, 0.05) is 17.8 Å². The third-order valence-corrected chi connectivity index (χ3v) is 4.26. The Kier molecular flexibility index (Phi) is 7.10. The number of rotatable bonds is 8. The van der Waals surface area contributed by atoms with Gasteiger partial charge in [-0.2, -0.15) is 5.10 Å². The molecule has 9 nitrogen and oxygen atoms in total. The highest BCUT2D eigenvalue weighted by atomic mass is 16.5. The Morgan fingerprint density at radius 1 is 1.06 bits per heavy atom. The maximum absolute atomic E-state index is 12.7. The van der Waals surface area contributed by atoms with Gasteiger partial charge in [0.2, 0.25) is 5.88 Å². The minimum atomic E-state index is -0.399. The van der Waals surface area contributed by atoms with Crippen molar-refractivity contribution in [1.82, 2.24) is 20.0 Å². The molecule has 0 aliphatic rings. The van der Waals surface area contributed by atoms with Gasteiger partial charge in [0.1, 0.15) is 0 Å². The van der Waals surface area contributed by atoms with Crippen LogP contribution in [0.2, 0.25) is 0 Å². The van der Waals surface area contributed by atoms with Crippen LogP contribution in [0.3, 0.4) is 0 Å². The molecule has 0 aliphatic carbocycles. The lowest BCUT2D eigenvalue weighted by molar-refractivity contribution is -0.137. The fourth-order valence-electron chi connectivity index (χ4n) is 2.74. The van der Waals surface area contributed by atoms with Gasteiger partial charge in [0.15, 0.2) is 5.82 Å². The molecule has 0 aliphatic heterocycles. The molecule has 0 radical (unpaired) electrons. The summed E-state index contributed by atoms with van der Waals surface area (Å²) < 4.78 is 11.7. The number of nitrogens with one attached hydrogen (secondary N) is 1. The van der Waals surface area contributed by atoms with Gasteiger partial charge >= 0.3 is 5.97 Å². The molecular weight excluding hydrogens is 398 g/mol. The summed E-state index contributed by atoms with van der Waals surface area (Å²) in [6.07, 6.45) is 4.49. The number of ether oxygens (including phenoxy) is 2. The van der Waals surface area contributed by atoms with Crippen LogP contribution in [0.25, 0.3) is 11.9 Å². The van der Waals surface area contributed by atoms with E-state index in [9.17, 15) is 9.59 Å². The molecule has 1 amide bonds. The first-order valence-electron chi connectivity index (χ1n) is 9.79. The molecule has 0 saturated carbocycles. The summed E-state index contributed by atoms with van der Waals surface area (Å²) in [7, 11) is 0. The van der Waals surface area contributed by atoms with Crippen LogP contribution >= 0.6 is 0 Å². The maximum atomic E-state index is 12.7. The van der Waals surface area contributed by atoms with E-state index in [1.807, 2.05) is 6.92 Å². The first-order chi connectivity index (χ1) is 15.0. The predicted molar refractivity (Wildman–Crippen MR) is 115 cm³/mol. The van der Waals surface area contributed by atoms with Gasteiger partial charge in [-0.05, 0) is 50.6 Å². The van der Waals surface area contributed by atoms with Crippen molar-refractivity contribution in [2.45, 2.75) is 20.8 Å². The van der Waals surface area contributed by atoms with E-state index in [1.54, 1.807) is 61.0 Å². The van der Waals surface area contributed by atoms with Crippen LogP contribution in [0.5, 0.6) is 5.88 Å². The van der Waals surface area contributed by atoms with Gasteiger partial charge in [0.25, 0.3) is 5.91 Å². The number of esters is 1. The van der Waals surface area contributed by atoms with Gasteiger partial charge in [-0.1, -0.05) is 12.1 Å². The van der Waals surface area contributed by atoms with E-state index in [1.165, 1.54) is 12.3 Å². The summed E-state index contributed by atoms with van der Waals surface area (Å²) in [5.74, 6) is 0.217. The molecule has 9 heteroatoms. The molecule has 3 rings (SSSR count). The van der Waals surface area contributed by atoms with Crippen molar-refractivity contribution in [3.8, 4) is 11.7 Å². The van der Waals surface area contributed by atoms with Crippen LogP contribution in [0, 0.1) is 6.92 Å². The number of aromatic nitrogens is 4. The van der Waals surface area contributed by atoms with E-state index in [0.717, 1.165) is 5.56 Å². The second-order valence-electron chi connectivity index (χ2n) is 6.38. The highest BCUT2D eigenvalue weighted by Crippen LogP contribution is 2.17. The van der Waals surface area contributed by atoms with E-state index in [2.05, 4.69) is 20.6 Å². The lowest BCUT2D eigenvalue weighted by Crippen LogP contribution is -2.13. The first kappa shape index (κ1) is 21.7. The van der Waals surface area contributed by atoms with Gasteiger partial charge in [0.05, 0.1) is 30.7 Å². The molecule has 1 aromatic carbocycles. The Labute approximate surface area is 179 Å². The molecule has 0 bridgehead atoms. The Balaban J connectivity index is 1.68. The molecule has 3 aromatic rings. The van der Waals surface area contributed by atoms with Crippen LogP contribution in [-0.2, 0) is 9.53 Å². The molecular formula is C22H23N5O4. The first-order valence-corrected chi connectivity index (χ1v) is 9.79. The van der Waals surface area contributed by atoms with Crippen molar-refractivity contribution in [1.29, 1.82) is 0 Å². The Bertz CT molecular complexity index is 1070. The molecule has 31 heavy (non-hydrogen) atoms. The van der Waals surface area contributed by atoms with Crippen molar-refractivity contribution in [2.24, 2.45) is 0 Å². The standard InChI is InChI=1S/C22H23N5O4/c1-4-30-20-12-11-19(25-26-20)27-15(3)18(14-23-27)22(29)24-17-9-6-16(7-10-17)8-13-21(28)31-5-2/h6-14H,4-5H2,1-3H3,(H,24,29)/b13-8+. The summed E-state index contributed by atoms with van der Waals surface area (Å²) in [6.45, 7) is 6.23. The lowest BCUT2D eigenvalue weighted by atomic mass is 10.2.